The van der Waals surface area contributed by atoms with Crippen LogP contribution in [0, 0.1) is 29.1 Å². The van der Waals surface area contributed by atoms with Crippen LogP contribution in [0.5, 0.6) is 0 Å². The summed E-state index contributed by atoms with van der Waals surface area (Å²) in [6.07, 6.45) is 8.29. The van der Waals surface area contributed by atoms with Crippen molar-refractivity contribution in [3.8, 4) is 11.8 Å². The molecule has 1 aliphatic rings. The molecule has 0 N–H and O–H groups in total. The lowest BCUT2D eigenvalue weighted by atomic mass is 9.82. The van der Waals surface area contributed by atoms with Crippen molar-refractivity contribution >= 4 is 29.2 Å². The van der Waals surface area contributed by atoms with Gasteiger partial charge in [0, 0.05) is 23.7 Å². The topological polar surface area (TPSA) is 50.3 Å². The molecule has 1 saturated carbocycles. The second-order valence-electron chi connectivity index (χ2n) is 9.22. The summed E-state index contributed by atoms with van der Waals surface area (Å²) >= 11 is 1.35. The van der Waals surface area contributed by atoms with E-state index in [4.69, 9.17) is 0 Å². The highest BCUT2D eigenvalue weighted by Gasteiger charge is 2.31. The molecule has 0 bridgehead atoms. The Morgan fingerprint density at radius 1 is 1.30 bits per heavy atom. The lowest BCUT2D eigenvalue weighted by molar-refractivity contribution is -0.123. The molecule has 5 heteroatoms. The first-order valence-corrected chi connectivity index (χ1v) is 11.4. The number of anilines is 1. The van der Waals surface area contributed by atoms with E-state index in [1.165, 1.54) is 11.3 Å². The Bertz CT molecular complexity index is 939. The summed E-state index contributed by atoms with van der Waals surface area (Å²) in [6.45, 7) is 8.81. The highest BCUT2D eigenvalue weighted by molar-refractivity contribution is 7.14. The van der Waals surface area contributed by atoms with Gasteiger partial charge in [0.2, 0.25) is 5.91 Å². The van der Waals surface area contributed by atoms with E-state index in [1.807, 2.05) is 18.2 Å². The molecule has 2 aromatic rings. The fourth-order valence-corrected chi connectivity index (χ4v) is 4.52. The number of nitrogens with zero attached hydrogens (tertiary/aromatic N) is 2. The Labute approximate surface area is 183 Å². The standard InChI is InChI=1S/C25H30N2O2S/c1-18-7-9-20(10-8-18)24(29)27(16-19-6-5-13-26-15-19)22-14-21(30-23(22)17-28)11-12-25(2,3)4/h5-6,13-15,17-18,20H,7-10,16H2,1-4H3. The second kappa shape index (κ2) is 9.57. The first kappa shape index (κ1) is 22.2. The minimum Gasteiger partial charge on any atom is -0.306 e. The van der Waals surface area contributed by atoms with Crippen LogP contribution >= 0.6 is 11.3 Å². The van der Waals surface area contributed by atoms with Gasteiger partial charge in [-0.05, 0) is 70.1 Å². The lowest BCUT2D eigenvalue weighted by Crippen LogP contribution is -2.37. The molecule has 2 aromatic heterocycles. The normalized spacial score (nSPS) is 18.9. The van der Waals surface area contributed by atoms with Gasteiger partial charge in [-0.2, -0.15) is 0 Å². The monoisotopic (exact) mass is 422 g/mol. The maximum Gasteiger partial charge on any atom is 0.230 e. The predicted octanol–water partition coefficient (Wildman–Crippen LogP) is 5.71. The van der Waals surface area contributed by atoms with Crippen molar-refractivity contribution in [2.75, 3.05) is 4.90 Å². The van der Waals surface area contributed by atoms with Crippen LogP contribution in [-0.2, 0) is 11.3 Å². The molecule has 0 spiro atoms. The number of hydrogen-bond acceptors (Lipinski definition) is 4. The maximum absolute atomic E-state index is 13.6. The summed E-state index contributed by atoms with van der Waals surface area (Å²) in [5, 5.41) is 0. The highest BCUT2D eigenvalue weighted by Crippen LogP contribution is 2.35. The molecule has 30 heavy (non-hydrogen) atoms. The van der Waals surface area contributed by atoms with E-state index in [0.717, 1.165) is 42.4 Å². The fraction of sp³-hybridized carbons (Fsp3) is 0.480. The largest absolute Gasteiger partial charge is 0.306 e. The van der Waals surface area contributed by atoms with Crippen molar-refractivity contribution in [2.45, 2.75) is 59.9 Å². The van der Waals surface area contributed by atoms with Crippen LogP contribution < -0.4 is 4.90 Å². The van der Waals surface area contributed by atoms with Crippen LogP contribution in [0.1, 0.15) is 73.5 Å². The number of thiophene rings is 1. The number of carbonyl (C=O) groups is 2. The highest BCUT2D eigenvalue weighted by atomic mass is 32.1. The molecule has 0 aliphatic heterocycles. The van der Waals surface area contributed by atoms with E-state index in [2.05, 4.69) is 44.5 Å². The van der Waals surface area contributed by atoms with Gasteiger partial charge in [0.25, 0.3) is 0 Å². The molecule has 3 rings (SSSR count). The first-order chi connectivity index (χ1) is 14.3. The third kappa shape index (κ3) is 5.79. The molecule has 1 aliphatic carbocycles. The number of aromatic nitrogens is 1. The van der Waals surface area contributed by atoms with Gasteiger partial charge in [-0.15, -0.1) is 11.3 Å². The van der Waals surface area contributed by atoms with Crippen LogP contribution in [0.3, 0.4) is 0 Å². The van der Waals surface area contributed by atoms with Crippen LogP contribution in [0.25, 0.3) is 0 Å². The van der Waals surface area contributed by atoms with E-state index in [9.17, 15) is 9.59 Å². The summed E-state index contributed by atoms with van der Waals surface area (Å²) in [4.78, 5) is 32.7. The molecule has 0 radical (unpaired) electrons. The molecule has 158 valence electrons. The Kier molecular flexibility index (Phi) is 7.10. The zero-order chi connectivity index (χ0) is 21.7. The van der Waals surface area contributed by atoms with E-state index in [0.29, 0.717) is 23.0 Å². The van der Waals surface area contributed by atoms with E-state index in [1.54, 1.807) is 17.3 Å². The van der Waals surface area contributed by atoms with E-state index < -0.39 is 0 Å². The van der Waals surface area contributed by atoms with Crippen LogP contribution in [-0.4, -0.2) is 17.2 Å². The van der Waals surface area contributed by atoms with Crippen LogP contribution in [0.2, 0.25) is 0 Å². The molecule has 0 saturated heterocycles. The molecule has 4 nitrogen and oxygen atoms in total. The van der Waals surface area contributed by atoms with Crippen LogP contribution in [0.4, 0.5) is 5.69 Å². The van der Waals surface area contributed by atoms with Crippen molar-refractivity contribution in [3.63, 3.8) is 0 Å². The lowest BCUT2D eigenvalue weighted by Gasteiger charge is -2.31. The maximum atomic E-state index is 13.6. The van der Waals surface area contributed by atoms with Gasteiger partial charge in [-0.1, -0.05) is 24.8 Å². The Morgan fingerprint density at radius 3 is 2.63 bits per heavy atom. The summed E-state index contributed by atoms with van der Waals surface area (Å²) in [7, 11) is 0. The minimum absolute atomic E-state index is 0.00128. The van der Waals surface area contributed by atoms with E-state index in [-0.39, 0.29) is 17.2 Å². The van der Waals surface area contributed by atoms with Crippen molar-refractivity contribution in [1.82, 2.24) is 4.98 Å². The molecular formula is C25H30N2O2S. The second-order valence-corrected chi connectivity index (χ2v) is 10.3. The van der Waals surface area contributed by atoms with Crippen molar-refractivity contribution < 1.29 is 9.59 Å². The van der Waals surface area contributed by atoms with Gasteiger partial charge >= 0.3 is 0 Å². The first-order valence-electron chi connectivity index (χ1n) is 10.6. The molecule has 0 aromatic carbocycles. The Morgan fingerprint density at radius 2 is 2.03 bits per heavy atom. The average Bonchev–Trinajstić information content (AvgIpc) is 3.14. The number of rotatable bonds is 5. The summed E-state index contributed by atoms with van der Waals surface area (Å²) < 4.78 is 0. The average molecular weight is 423 g/mol. The molecule has 1 amide bonds. The SMILES string of the molecule is CC1CCC(C(=O)N(Cc2cccnc2)c2cc(C#CC(C)(C)C)sc2C=O)CC1. The van der Waals surface area contributed by atoms with E-state index >= 15 is 0 Å². The fourth-order valence-electron chi connectivity index (χ4n) is 3.69. The number of pyridine rings is 1. The van der Waals surface area contributed by atoms with Crippen molar-refractivity contribution in [1.29, 1.82) is 0 Å². The zero-order valence-electron chi connectivity index (χ0n) is 18.3. The van der Waals surface area contributed by atoms with Gasteiger partial charge in [0.15, 0.2) is 6.29 Å². The summed E-state index contributed by atoms with van der Waals surface area (Å²) in [6, 6.07) is 5.73. The molecule has 0 atom stereocenters. The van der Waals surface area contributed by atoms with Gasteiger partial charge in [-0.3, -0.25) is 14.6 Å². The zero-order valence-corrected chi connectivity index (χ0v) is 19.1. The van der Waals surface area contributed by atoms with Crippen LogP contribution in [0.15, 0.2) is 30.6 Å². The number of carbonyl (C=O) groups excluding carboxylic acids is 2. The Balaban J connectivity index is 1.96. The van der Waals surface area contributed by atoms with Crippen molar-refractivity contribution in [3.05, 3.63) is 45.9 Å². The molecule has 2 heterocycles. The number of hydrogen-bond donors (Lipinski definition) is 0. The van der Waals surface area contributed by atoms with Gasteiger partial charge in [0.05, 0.1) is 22.0 Å². The third-order valence-corrected chi connectivity index (χ3v) is 6.36. The van der Waals surface area contributed by atoms with Gasteiger partial charge in [0.1, 0.15) is 0 Å². The summed E-state index contributed by atoms with van der Waals surface area (Å²) in [5.74, 6) is 7.18. The number of amides is 1. The van der Waals surface area contributed by atoms with Gasteiger partial charge < -0.3 is 4.90 Å². The molecule has 0 unspecified atom stereocenters. The minimum atomic E-state index is -0.129. The quantitative estimate of drug-likeness (QED) is 0.458. The predicted molar refractivity (Wildman–Crippen MR) is 123 cm³/mol. The summed E-state index contributed by atoms with van der Waals surface area (Å²) in [5.41, 5.74) is 1.48. The molecule has 1 fully saturated rings. The Hall–Kier alpha value is -2.45. The number of aldehydes is 1. The third-order valence-electron chi connectivity index (χ3n) is 5.39. The van der Waals surface area contributed by atoms with Gasteiger partial charge in [-0.25, -0.2) is 0 Å². The molecular weight excluding hydrogens is 392 g/mol. The smallest absolute Gasteiger partial charge is 0.230 e. The van der Waals surface area contributed by atoms with Crippen molar-refractivity contribution in [2.24, 2.45) is 17.3 Å².